The minimum atomic E-state index is -1.37. The highest BCUT2D eigenvalue weighted by Crippen LogP contribution is 2.39. The Hall–Kier alpha value is -0.720. The second kappa shape index (κ2) is 8.40. The molecule has 1 aliphatic heterocycles. The van der Waals surface area contributed by atoms with Crippen LogP contribution in [0, 0.1) is 0 Å². The van der Waals surface area contributed by atoms with Crippen molar-refractivity contribution in [2.75, 3.05) is 0 Å². The van der Waals surface area contributed by atoms with E-state index < -0.39 is 23.0 Å². The first-order chi connectivity index (χ1) is 10.5. The van der Waals surface area contributed by atoms with Crippen LogP contribution in [0.25, 0.3) is 0 Å². The third-order valence-corrected chi connectivity index (χ3v) is 4.86. The quantitative estimate of drug-likeness (QED) is 0.521. The molecule has 1 aliphatic rings. The van der Waals surface area contributed by atoms with Crippen molar-refractivity contribution in [3.05, 3.63) is 0 Å². The standard InChI is InChI=1S/C12H18Cl3N3O3.C2H6/c1-5-6-8(19)17(14)11(2,3)7-12(4)9(20)16(13)10(21)18(12)15;1-2/h5-7H2,1-4H3;1-2H3. The number of carbonyl (C=O) groups is 3. The third kappa shape index (κ3) is 4.43. The number of rotatable bonds is 5. The Morgan fingerprint density at radius 2 is 1.74 bits per heavy atom. The molecule has 1 atom stereocenters. The van der Waals surface area contributed by atoms with Crippen LogP contribution in [0.3, 0.4) is 0 Å². The van der Waals surface area contributed by atoms with Gasteiger partial charge < -0.3 is 0 Å². The highest BCUT2D eigenvalue weighted by atomic mass is 35.5. The summed E-state index contributed by atoms with van der Waals surface area (Å²) in [5, 5.41) is 0. The average Bonchev–Trinajstić information content (AvgIpc) is 2.64. The first kappa shape index (κ1) is 22.3. The maximum absolute atomic E-state index is 12.1. The van der Waals surface area contributed by atoms with Crippen LogP contribution in [0.1, 0.15) is 60.8 Å². The summed E-state index contributed by atoms with van der Waals surface area (Å²) in [6.45, 7) is 10.7. The van der Waals surface area contributed by atoms with E-state index in [9.17, 15) is 14.4 Å². The van der Waals surface area contributed by atoms with Gasteiger partial charge >= 0.3 is 6.03 Å². The molecule has 0 spiro atoms. The van der Waals surface area contributed by atoms with E-state index in [1.54, 1.807) is 13.8 Å². The van der Waals surface area contributed by atoms with Gasteiger partial charge in [-0.15, -0.1) is 0 Å². The molecule has 1 unspecified atom stereocenters. The molecule has 0 aliphatic carbocycles. The molecular formula is C14H24Cl3N3O3. The third-order valence-electron chi connectivity index (χ3n) is 3.40. The number of hydrogen-bond acceptors (Lipinski definition) is 3. The van der Waals surface area contributed by atoms with Gasteiger partial charge in [-0.3, -0.25) is 9.59 Å². The summed E-state index contributed by atoms with van der Waals surface area (Å²) < 4.78 is 2.25. The molecule has 6 nitrogen and oxygen atoms in total. The number of hydrogen-bond donors (Lipinski definition) is 0. The highest BCUT2D eigenvalue weighted by Gasteiger charge is 2.57. The summed E-state index contributed by atoms with van der Waals surface area (Å²) in [6.07, 6.45) is 1.00. The molecule has 0 aromatic carbocycles. The lowest BCUT2D eigenvalue weighted by molar-refractivity contribution is -0.134. The van der Waals surface area contributed by atoms with Gasteiger partial charge in [-0.2, -0.15) is 4.42 Å². The van der Waals surface area contributed by atoms with Crippen molar-refractivity contribution >= 4 is 53.2 Å². The largest absolute Gasteiger partial charge is 0.357 e. The van der Waals surface area contributed by atoms with E-state index >= 15 is 0 Å². The Kier molecular flexibility index (Phi) is 8.14. The van der Waals surface area contributed by atoms with Crippen LogP contribution in [0.5, 0.6) is 0 Å². The Morgan fingerprint density at radius 3 is 2.09 bits per heavy atom. The number of halogens is 3. The summed E-state index contributed by atoms with van der Waals surface area (Å²) in [5.41, 5.74) is -2.27. The van der Waals surface area contributed by atoms with Gasteiger partial charge in [0.25, 0.3) is 5.91 Å². The molecule has 23 heavy (non-hydrogen) atoms. The fourth-order valence-electron chi connectivity index (χ4n) is 2.38. The van der Waals surface area contributed by atoms with E-state index in [0.29, 0.717) is 17.3 Å². The van der Waals surface area contributed by atoms with E-state index in [2.05, 4.69) is 0 Å². The minimum absolute atomic E-state index is 0.0518. The van der Waals surface area contributed by atoms with Crippen molar-refractivity contribution in [1.82, 2.24) is 13.3 Å². The zero-order valence-corrected chi connectivity index (χ0v) is 16.6. The summed E-state index contributed by atoms with van der Waals surface area (Å²) in [6, 6.07) is -0.817. The van der Waals surface area contributed by atoms with Crippen LogP contribution in [0.4, 0.5) is 4.79 Å². The Morgan fingerprint density at radius 1 is 1.26 bits per heavy atom. The lowest BCUT2D eigenvalue weighted by Gasteiger charge is -2.39. The molecule has 134 valence electrons. The summed E-state index contributed by atoms with van der Waals surface area (Å²) >= 11 is 17.6. The molecule has 1 heterocycles. The highest BCUT2D eigenvalue weighted by molar-refractivity contribution is 6.39. The lowest BCUT2D eigenvalue weighted by Crippen LogP contribution is -2.52. The first-order valence-corrected chi connectivity index (χ1v) is 8.49. The van der Waals surface area contributed by atoms with Gasteiger partial charge in [-0.25, -0.2) is 13.6 Å². The number of nitrogens with zero attached hydrogens (tertiary/aromatic N) is 3. The van der Waals surface area contributed by atoms with E-state index in [1.165, 1.54) is 6.92 Å². The molecule has 4 amide bonds. The molecule has 0 bridgehead atoms. The zero-order valence-electron chi connectivity index (χ0n) is 14.3. The van der Waals surface area contributed by atoms with E-state index in [0.717, 1.165) is 8.84 Å². The minimum Gasteiger partial charge on any atom is -0.274 e. The van der Waals surface area contributed by atoms with Gasteiger partial charge in [0, 0.05) is 48.2 Å². The summed E-state index contributed by atoms with van der Waals surface area (Å²) in [7, 11) is 0. The normalized spacial score (nSPS) is 21.3. The van der Waals surface area contributed by atoms with Crippen molar-refractivity contribution in [2.45, 2.75) is 71.9 Å². The predicted octanol–water partition coefficient (Wildman–Crippen LogP) is 4.29. The molecule has 0 radical (unpaired) electrons. The van der Waals surface area contributed by atoms with E-state index in [-0.39, 0.29) is 12.3 Å². The van der Waals surface area contributed by atoms with Gasteiger partial charge in [-0.1, -0.05) is 20.8 Å². The number of carbonyl (C=O) groups excluding carboxylic acids is 3. The van der Waals surface area contributed by atoms with Crippen molar-refractivity contribution in [1.29, 1.82) is 0 Å². The predicted molar refractivity (Wildman–Crippen MR) is 91.8 cm³/mol. The fraction of sp³-hybridized carbons (Fsp3) is 0.786. The van der Waals surface area contributed by atoms with Crippen molar-refractivity contribution < 1.29 is 14.4 Å². The first-order valence-electron chi connectivity index (χ1n) is 7.48. The molecule has 9 heteroatoms. The molecular weight excluding hydrogens is 365 g/mol. The van der Waals surface area contributed by atoms with Crippen LogP contribution in [0.2, 0.25) is 0 Å². The van der Waals surface area contributed by atoms with Crippen molar-refractivity contribution in [3.63, 3.8) is 0 Å². The molecule has 1 fully saturated rings. The molecule has 0 saturated carbocycles. The summed E-state index contributed by atoms with van der Waals surface area (Å²) in [5.74, 6) is -0.904. The number of urea groups is 1. The van der Waals surface area contributed by atoms with Crippen molar-refractivity contribution in [3.8, 4) is 0 Å². The Bertz CT molecular complexity index is 473. The topological polar surface area (TPSA) is 60.9 Å². The van der Waals surface area contributed by atoms with Gasteiger partial charge in [0.15, 0.2) is 0 Å². The van der Waals surface area contributed by atoms with Gasteiger partial charge in [-0.05, 0) is 27.2 Å². The van der Waals surface area contributed by atoms with Crippen LogP contribution < -0.4 is 0 Å². The molecule has 0 aromatic heterocycles. The molecule has 1 saturated heterocycles. The van der Waals surface area contributed by atoms with Crippen molar-refractivity contribution in [2.24, 2.45) is 0 Å². The van der Waals surface area contributed by atoms with Crippen LogP contribution in [-0.4, -0.2) is 42.2 Å². The lowest BCUT2D eigenvalue weighted by atomic mass is 9.85. The zero-order chi connectivity index (χ0) is 18.6. The Balaban J connectivity index is 0.00000232. The van der Waals surface area contributed by atoms with E-state index in [4.69, 9.17) is 35.3 Å². The van der Waals surface area contributed by atoms with Crippen LogP contribution >= 0.6 is 35.3 Å². The average molecular weight is 389 g/mol. The second-order valence-electron chi connectivity index (χ2n) is 5.84. The fourth-order valence-corrected chi connectivity index (χ4v) is 3.03. The summed E-state index contributed by atoms with van der Waals surface area (Å²) in [4.78, 5) is 35.7. The maximum atomic E-state index is 12.1. The molecule has 0 N–H and O–H groups in total. The number of imide groups is 1. The Labute approximate surface area is 152 Å². The smallest absolute Gasteiger partial charge is 0.274 e. The van der Waals surface area contributed by atoms with Gasteiger partial charge in [0.2, 0.25) is 5.91 Å². The van der Waals surface area contributed by atoms with E-state index in [1.807, 2.05) is 20.8 Å². The molecule has 1 rings (SSSR count). The van der Waals surface area contributed by atoms with Gasteiger partial charge in [0.1, 0.15) is 5.54 Å². The number of amides is 4. The monoisotopic (exact) mass is 387 g/mol. The van der Waals surface area contributed by atoms with Crippen LogP contribution in [0.15, 0.2) is 0 Å². The van der Waals surface area contributed by atoms with Gasteiger partial charge in [0.05, 0.1) is 5.54 Å². The second-order valence-corrected chi connectivity index (χ2v) is 6.85. The molecule has 0 aromatic rings. The van der Waals surface area contributed by atoms with Crippen LogP contribution in [-0.2, 0) is 9.59 Å². The SMILES string of the molecule is CC.CCCC(=O)N(Cl)C(C)(C)CC1(C)C(=O)N(Cl)C(=O)N1Cl. The maximum Gasteiger partial charge on any atom is 0.357 e.